The molecule has 1 saturated carbocycles. The van der Waals surface area contributed by atoms with Gasteiger partial charge in [0.05, 0.1) is 7.11 Å². The van der Waals surface area contributed by atoms with Gasteiger partial charge in [0.25, 0.3) is 0 Å². The second kappa shape index (κ2) is 11.1. The lowest BCUT2D eigenvalue weighted by molar-refractivity contribution is 0.0289. The number of rotatable bonds is 10. The van der Waals surface area contributed by atoms with Gasteiger partial charge in [0.1, 0.15) is 12.7 Å². The van der Waals surface area contributed by atoms with E-state index in [-0.39, 0.29) is 17.9 Å². The van der Waals surface area contributed by atoms with Crippen molar-refractivity contribution in [1.82, 2.24) is 10.2 Å². The van der Waals surface area contributed by atoms with Crippen LogP contribution in [0.15, 0.2) is 18.2 Å². The summed E-state index contributed by atoms with van der Waals surface area (Å²) >= 11 is 0. The molecule has 1 heterocycles. The van der Waals surface area contributed by atoms with Crippen LogP contribution in [0.5, 0.6) is 11.5 Å². The fourth-order valence-corrected chi connectivity index (χ4v) is 4.91. The minimum Gasteiger partial charge on any atom is -0.493 e. The Morgan fingerprint density at radius 3 is 2.50 bits per heavy atom. The summed E-state index contributed by atoms with van der Waals surface area (Å²) in [5, 5.41) is 14.0. The highest BCUT2D eigenvalue weighted by molar-refractivity contribution is 5.94. The molecule has 1 atom stereocenters. The number of ether oxygens (including phenoxy) is 2. The lowest BCUT2D eigenvalue weighted by Gasteiger charge is -2.48. The van der Waals surface area contributed by atoms with E-state index in [1.807, 2.05) is 0 Å². The van der Waals surface area contributed by atoms with E-state index >= 15 is 0 Å². The number of hydrogen-bond acceptors (Lipinski definition) is 6. The van der Waals surface area contributed by atoms with E-state index < -0.39 is 6.10 Å². The summed E-state index contributed by atoms with van der Waals surface area (Å²) in [6.07, 6.45) is 9.83. The molecular weight excluding hydrogens is 380 g/mol. The van der Waals surface area contributed by atoms with Crippen LogP contribution < -0.4 is 14.8 Å². The molecule has 3 rings (SSSR count). The summed E-state index contributed by atoms with van der Waals surface area (Å²) in [7, 11) is 1.55. The first-order valence-electron chi connectivity index (χ1n) is 11.5. The lowest BCUT2D eigenvalue weighted by atomic mass is 9.79. The number of hydrogen-bond donors (Lipinski definition) is 2. The van der Waals surface area contributed by atoms with Crippen LogP contribution in [0.2, 0.25) is 0 Å². The molecule has 30 heavy (non-hydrogen) atoms. The summed E-state index contributed by atoms with van der Waals surface area (Å²) in [6.45, 7) is 5.56. The van der Waals surface area contributed by atoms with Gasteiger partial charge in [0, 0.05) is 24.2 Å². The van der Waals surface area contributed by atoms with Crippen LogP contribution in [0.3, 0.4) is 0 Å². The van der Waals surface area contributed by atoms with E-state index in [9.17, 15) is 9.90 Å². The van der Waals surface area contributed by atoms with Crippen molar-refractivity contribution in [2.75, 3.05) is 39.9 Å². The van der Waals surface area contributed by atoms with E-state index in [4.69, 9.17) is 9.47 Å². The topological polar surface area (TPSA) is 71.0 Å². The highest BCUT2D eigenvalue weighted by Gasteiger charge is 2.38. The van der Waals surface area contributed by atoms with Gasteiger partial charge >= 0.3 is 0 Å². The number of aliphatic hydroxyl groups is 1. The number of ketones is 1. The van der Waals surface area contributed by atoms with Crippen molar-refractivity contribution < 1.29 is 19.4 Å². The van der Waals surface area contributed by atoms with Gasteiger partial charge in [-0.2, -0.15) is 0 Å². The van der Waals surface area contributed by atoms with E-state index in [1.165, 1.54) is 71.4 Å². The predicted octanol–water partition coefficient (Wildman–Crippen LogP) is 3.42. The van der Waals surface area contributed by atoms with Crippen LogP contribution in [-0.2, 0) is 0 Å². The minimum absolute atomic E-state index is 0.0190. The highest BCUT2D eigenvalue weighted by Crippen LogP contribution is 2.35. The fourth-order valence-electron chi connectivity index (χ4n) is 4.91. The first kappa shape index (κ1) is 23.0. The summed E-state index contributed by atoms with van der Waals surface area (Å²) < 4.78 is 11.1. The normalized spacial score (nSPS) is 20.5. The Kier molecular flexibility index (Phi) is 8.54. The Balaban J connectivity index is 1.49. The van der Waals surface area contributed by atoms with Gasteiger partial charge in [0.15, 0.2) is 17.3 Å². The maximum Gasteiger partial charge on any atom is 0.161 e. The number of nitrogens with one attached hydrogen (secondary N) is 1. The van der Waals surface area contributed by atoms with Gasteiger partial charge in [-0.3, -0.25) is 9.69 Å². The Hall–Kier alpha value is -1.63. The van der Waals surface area contributed by atoms with Gasteiger partial charge in [-0.05, 0) is 63.9 Å². The maximum absolute atomic E-state index is 11.5. The molecule has 6 heteroatoms. The smallest absolute Gasteiger partial charge is 0.161 e. The monoisotopic (exact) mass is 418 g/mol. The number of aliphatic hydroxyl groups excluding tert-OH is 1. The zero-order chi connectivity index (χ0) is 21.4. The van der Waals surface area contributed by atoms with Crippen molar-refractivity contribution >= 4 is 5.78 Å². The molecule has 2 fully saturated rings. The summed E-state index contributed by atoms with van der Waals surface area (Å²) in [5.41, 5.74) is 0.835. The van der Waals surface area contributed by atoms with E-state index in [1.54, 1.807) is 25.3 Å². The van der Waals surface area contributed by atoms with Crippen molar-refractivity contribution in [3.63, 3.8) is 0 Å². The molecular formula is C24H38N2O4. The number of carbonyl (C=O) groups excluding carboxylic acids is 1. The van der Waals surface area contributed by atoms with Gasteiger partial charge in [0.2, 0.25) is 0 Å². The zero-order valence-corrected chi connectivity index (χ0v) is 18.6. The molecule has 1 aliphatic heterocycles. The molecule has 2 N–H and O–H groups in total. The second-order valence-electron chi connectivity index (χ2n) is 8.85. The number of likely N-dealkylation sites (tertiary alicyclic amines) is 1. The SMILES string of the molecule is COc1cc(C(C)=O)ccc1OC[C@@H](O)CNCC1(N2CCCCC2)CCCCC1. The molecule has 0 bridgehead atoms. The number of nitrogens with zero attached hydrogens (tertiary/aromatic N) is 1. The second-order valence-corrected chi connectivity index (χ2v) is 8.85. The summed E-state index contributed by atoms with van der Waals surface area (Å²) in [6, 6.07) is 5.12. The molecule has 1 saturated heterocycles. The molecule has 0 spiro atoms. The Morgan fingerprint density at radius 1 is 1.13 bits per heavy atom. The number of carbonyl (C=O) groups is 1. The first-order valence-corrected chi connectivity index (χ1v) is 11.5. The highest BCUT2D eigenvalue weighted by atomic mass is 16.5. The molecule has 2 aliphatic rings. The lowest BCUT2D eigenvalue weighted by Crippen LogP contribution is -2.58. The van der Waals surface area contributed by atoms with Crippen molar-refractivity contribution in [2.45, 2.75) is 69.9 Å². The number of piperidine rings is 1. The molecule has 0 amide bonds. The number of benzene rings is 1. The quantitative estimate of drug-likeness (QED) is 0.568. The molecule has 1 aromatic rings. The average molecular weight is 419 g/mol. The Labute approximate surface area is 180 Å². The third-order valence-corrected chi connectivity index (χ3v) is 6.65. The standard InChI is InChI=1S/C24H38N2O4/c1-19(27)20-9-10-22(23(15-20)29-2)30-17-21(28)16-25-18-24(11-5-3-6-12-24)26-13-7-4-8-14-26/h9-10,15,21,25,28H,3-8,11-14,16-18H2,1-2H3/t21-/m0/s1. The average Bonchev–Trinajstić information content (AvgIpc) is 2.78. The Morgan fingerprint density at radius 2 is 1.83 bits per heavy atom. The van der Waals surface area contributed by atoms with E-state index in [2.05, 4.69) is 10.2 Å². The van der Waals surface area contributed by atoms with Crippen LogP contribution in [0, 0.1) is 0 Å². The van der Waals surface area contributed by atoms with Crippen LogP contribution in [-0.4, -0.2) is 67.3 Å². The molecule has 1 aliphatic carbocycles. The minimum atomic E-state index is -0.607. The third-order valence-electron chi connectivity index (χ3n) is 6.65. The van der Waals surface area contributed by atoms with Crippen LogP contribution in [0.1, 0.15) is 68.6 Å². The molecule has 0 aromatic heterocycles. The van der Waals surface area contributed by atoms with Crippen LogP contribution in [0.4, 0.5) is 0 Å². The fraction of sp³-hybridized carbons (Fsp3) is 0.708. The molecule has 1 aromatic carbocycles. The van der Waals surface area contributed by atoms with Crippen LogP contribution >= 0.6 is 0 Å². The van der Waals surface area contributed by atoms with Gasteiger partial charge in [-0.15, -0.1) is 0 Å². The van der Waals surface area contributed by atoms with Crippen molar-refractivity contribution in [1.29, 1.82) is 0 Å². The van der Waals surface area contributed by atoms with Gasteiger partial charge < -0.3 is 19.9 Å². The summed E-state index contributed by atoms with van der Waals surface area (Å²) in [4.78, 5) is 14.2. The largest absolute Gasteiger partial charge is 0.493 e. The van der Waals surface area contributed by atoms with E-state index in [0.717, 1.165) is 6.54 Å². The van der Waals surface area contributed by atoms with Crippen molar-refractivity contribution in [3.05, 3.63) is 23.8 Å². The molecule has 168 valence electrons. The number of Topliss-reactive ketones (excluding diaryl/α,β-unsaturated/α-hetero) is 1. The van der Waals surface area contributed by atoms with Crippen molar-refractivity contribution in [2.24, 2.45) is 0 Å². The van der Waals surface area contributed by atoms with Gasteiger partial charge in [-0.1, -0.05) is 25.7 Å². The van der Waals surface area contributed by atoms with Crippen molar-refractivity contribution in [3.8, 4) is 11.5 Å². The van der Waals surface area contributed by atoms with E-state index in [0.29, 0.717) is 23.6 Å². The summed E-state index contributed by atoms with van der Waals surface area (Å²) in [5.74, 6) is 1.03. The van der Waals surface area contributed by atoms with Gasteiger partial charge in [-0.25, -0.2) is 0 Å². The predicted molar refractivity (Wildman–Crippen MR) is 119 cm³/mol. The zero-order valence-electron chi connectivity index (χ0n) is 18.6. The molecule has 0 unspecified atom stereocenters. The van der Waals surface area contributed by atoms with Crippen LogP contribution in [0.25, 0.3) is 0 Å². The Bertz CT molecular complexity index is 682. The molecule has 0 radical (unpaired) electrons. The third kappa shape index (κ3) is 5.96. The first-order chi connectivity index (χ1) is 14.5. The number of methoxy groups -OCH3 is 1. The maximum atomic E-state index is 11.5. The molecule has 6 nitrogen and oxygen atoms in total.